The molecule has 1 atom stereocenters. The van der Waals surface area contributed by atoms with Gasteiger partial charge in [0.2, 0.25) is 5.43 Å². The molecule has 3 aromatic carbocycles. The third-order valence-electron chi connectivity index (χ3n) is 6.74. The smallest absolute Gasteiger partial charge is 0.343 e. The molecule has 0 aliphatic carbocycles. The number of ether oxygens (including phenoxy) is 6. The molecule has 10 heteroatoms. The predicted octanol–water partition coefficient (Wildman–Crippen LogP) is 4.48. The highest BCUT2D eigenvalue weighted by atomic mass is 16.6. The number of carbonyl (C=O) groups excluding carboxylic acids is 2. The molecule has 0 radical (unpaired) electrons. The first-order valence-corrected chi connectivity index (χ1v) is 12.3. The first kappa shape index (κ1) is 26.6. The van der Waals surface area contributed by atoms with Gasteiger partial charge in [0.1, 0.15) is 17.6 Å². The van der Waals surface area contributed by atoms with Crippen molar-refractivity contribution in [1.29, 1.82) is 0 Å². The Morgan fingerprint density at radius 1 is 0.925 bits per heavy atom. The van der Waals surface area contributed by atoms with Crippen LogP contribution in [0.15, 0.2) is 64.0 Å². The van der Waals surface area contributed by atoms with Crippen molar-refractivity contribution in [3.8, 4) is 39.9 Å². The summed E-state index contributed by atoms with van der Waals surface area (Å²) in [6, 6.07) is 13.5. The van der Waals surface area contributed by atoms with E-state index < -0.39 is 17.9 Å². The molecule has 10 nitrogen and oxygen atoms in total. The van der Waals surface area contributed by atoms with Crippen molar-refractivity contribution in [2.45, 2.75) is 12.3 Å². The Kier molecular flexibility index (Phi) is 7.33. The van der Waals surface area contributed by atoms with E-state index in [2.05, 4.69) is 0 Å². The van der Waals surface area contributed by atoms with Gasteiger partial charge in [0, 0.05) is 17.0 Å². The van der Waals surface area contributed by atoms with Gasteiger partial charge in [-0.3, -0.25) is 9.59 Å². The van der Waals surface area contributed by atoms with Crippen LogP contribution in [-0.4, -0.2) is 47.0 Å². The SMILES string of the molecule is COC(=O)COc1c(OC)cccc1[C@H]1CC(=O)Oc2ccc3c(=O)c(-c4ccc(OC)c(OC)c4)coc3c21. The highest BCUT2D eigenvalue weighted by Gasteiger charge is 2.35. The number of hydrogen-bond donors (Lipinski definition) is 0. The van der Waals surface area contributed by atoms with Crippen LogP contribution in [0.3, 0.4) is 0 Å². The van der Waals surface area contributed by atoms with Gasteiger partial charge in [-0.05, 0) is 35.9 Å². The topological polar surface area (TPSA) is 120 Å². The van der Waals surface area contributed by atoms with E-state index in [4.69, 9.17) is 32.8 Å². The minimum Gasteiger partial charge on any atom is -0.493 e. The van der Waals surface area contributed by atoms with Gasteiger partial charge in [0.15, 0.2) is 29.6 Å². The second kappa shape index (κ2) is 11.0. The van der Waals surface area contributed by atoms with Crippen molar-refractivity contribution in [3.63, 3.8) is 0 Å². The monoisotopic (exact) mass is 546 g/mol. The molecule has 1 aliphatic heterocycles. The summed E-state index contributed by atoms with van der Waals surface area (Å²) in [5.41, 5.74) is 1.96. The lowest BCUT2D eigenvalue weighted by molar-refractivity contribution is -0.143. The number of para-hydroxylation sites is 1. The summed E-state index contributed by atoms with van der Waals surface area (Å²) < 4.78 is 38.3. The normalized spacial score (nSPS) is 14.2. The molecule has 5 rings (SSSR count). The van der Waals surface area contributed by atoms with Crippen LogP contribution in [0.25, 0.3) is 22.1 Å². The van der Waals surface area contributed by atoms with E-state index in [1.165, 1.54) is 34.7 Å². The number of benzene rings is 3. The molecule has 4 aromatic rings. The number of methoxy groups -OCH3 is 4. The molecule has 0 unspecified atom stereocenters. The van der Waals surface area contributed by atoms with Crippen molar-refractivity contribution < 1.29 is 42.4 Å². The Morgan fingerprint density at radius 2 is 1.70 bits per heavy atom. The number of carbonyl (C=O) groups is 2. The van der Waals surface area contributed by atoms with E-state index in [9.17, 15) is 14.4 Å². The van der Waals surface area contributed by atoms with E-state index in [0.29, 0.717) is 44.9 Å². The van der Waals surface area contributed by atoms with Crippen LogP contribution in [0.1, 0.15) is 23.5 Å². The summed E-state index contributed by atoms with van der Waals surface area (Å²) in [7, 11) is 5.77. The lowest BCUT2D eigenvalue weighted by Gasteiger charge is -2.27. The Hall–Kier alpha value is -4.99. The molecule has 0 bridgehead atoms. The Morgan fingerprint density at radius 3 is 2.42 bits per heavy atom. The average Bonchev–Trinajstić information content (AvgIpc) is 2.98. The maximum Gasteiger partial charge on any atom is 0.343 e. The van der Waals surface area contributed by atoms with Crippen LogP contribution < -0.4 is 29.1 Å². The van der Waals surface area contributed by atoms with E-state index in [1.54, 1.807) is 48.5 Å². The van der Waals surface area contributed by atoms with Crippen LogP contribution in [0.5, 0.6) is 28.7 Å². The Balaban J connectivity index is 1.68. The zero-order chi connectivity index (χ0) is 28.4. The Bertz CT molecular complexity index is 1670. The van der Waals surface area contributed by atoms with Crippen molar-refractivity contribution in [3.05, 3.63) is 76.1 Å². The summed E-state index contributed by atoms with van der Waals surface area (Å²) in [6.07, 6.45) is 1.31. The maximum atomic E-state index is 13.7. The zero-order valence-electron chi connectivity index (χ0n) is 22.3. The summed E-state index contributed by atoms with van der Waals surface area (Å²) in [5.74, 6) is 0.201. The van der Waals surface area contributed by atoms with Crippen LogP contribution >= 0.6 is 0 Å². The molecular formula is C30H26O10. The predicted molar refractivity (Wildman–Crippen MR) is 144 cm³/mol. The molecular weight excluding hydrogens is 520 g/mol. The van der Waals surface area contributed by atoms with Gasteiger partial charge < -0.3 is 32.8 Å². The number of fused-ring (bicyclic) bond motifs is 3. The number of hydrogen-bond acceptors (Lipinski definition) is 10. The zero-order valence-corrected chi connectivity index (χ0v) is 22.3. The molecule has 0 amide bonds. The first-order chi connectivity index (χ1) is 19.4. The third kappa shape index (κ3) is 4.68. The molecule has 0 saturated carbocycles. The van der Waals surface area contributed by atoms with E-state index in [-0.39, 0.29) is 35.5 Å². The fourth-order valence-corrected chi connectivity index (χ4v) is 4.84. The first-order valence-electron chi connectivity index (χ1n) is 12.3. The van der Waals surface area contributed by atoms with Gasteiger partial charge in [0.25, 0.3) is 0 Å². The summed E-state index contributed by atoms with van der Waals surface area (Å²) in [4.78, 5) is 38.2. The minimum atomic E-state index is -0.627. The largest absolute Gasteiger partial charge is 0.493 e. The molecule has 206 valence electrons. The molecule has 0 spiro atoms. The van der Waals surface area contributed by atoms with Crippen LogP contribution in [0.4, 0.5) is 0 Å². The molecule has 40 heavy (non-hydrogen) atoms. The standard InChI is InChI=1S/C30H26O10/c1-34-21-10-8-16(12-24(21)36-3)20-14-38-30-18(28(20)33)9-11-22-27(30)19(13-25(31)40-22)17-6-5-7-23(35-2)29(17)39-15-26(32)37-4/h5-12,14,19H,13,15H2,1-4H3/t19-/m1/s1. The van der Waals surface area contributed by atoms with Crippen LogP contribution in [-0.2, 0) is 14.3 Å². The quantitative estimate of drug-likeness (QED) is 0.231. The van der Waals surface area contributed by atoms with E-state index in [1.807, 2.05) is 0 Å². The van der Waals surface area contributed by atoms with Crippen LogP contribution in [0, 0.1) is 0 Å². The van der Waals surface area contributed by atoms with Crippen molar-refractivity contribution in [2.75, 3.05) is 35.0 Å². The fourth-order valence-electron chi connectivity index (χ4n) is 4.84. The Labute approximate surface area is 228 Å². The van der Waals surface area contributed by atoms with Crippen molar-refractivity contribution in [2.24, 2.45) is 0 Å². The molecule has 0 saturated heterocycles. The third-order valence-corrected chi connectivity index (χ3v) is 6.74. The van der Waals surface area contributed by atoms with Crippen molar-refractivity contribution >= 4 is 22.9 Å². The van der Waals surface area contributed by atoms with Crippen LogP contribution in [0.2, 0.25) is 0 Å². The van der Waals surface area contributed by atoms with Gasteiger partial charge in [-0.15, -0.1) is 0 Å². The van der Waals surface area contributed by atoms with Gasteiger partial charge >= 0.3 is 11.9 Å². The van der Waals surface area contributed by atoms with E-state index >= 15 is 0 Å². The highest BCUT2D eigenvalue weighted by molar-refractivity contribution is 5.90. The molecule has 0 N–H and O–H groups in total. The van der Waals surface area contributed by atoms with Crippen molar-refractivity contribution in [1.82, 2.24) is 0 Å². The highest BCUT2D eigenvalue weighted by Crippen LogP contribution is 2.47. The molecule has 0 fully saturated rings. The number of esters is 2. The number of rotatable bonds is 8. The van der Waals surface area contributed by atoms with Gasteiger partial charge in [-0.2, -0.15) is 0 Å². The van der Waals surface area contributed by atoms with Gasteiger partial charge in [0.05, 0.1) is 45.8 Å². The lowest BCUT2D eigenvalue weighted by atomic mass is 9.84. The second-order valence-corrected chi connectivity index (χ2v) is 8.88. The molecule has 1 aliphatic rings. The van der Waals surface area contributed by atoms with Gasteiger partial charge in [-0.1, -0.05) is 18.2 Å². The fraction of sp³-hybridized carbons (Fsp3) is 0.233. The lowest BCUT2D eigenvalue weighted by Crippen LogP contribution is -2.23. The molecule has 2 heterocycles. The summed E-state index contributed by atoms with van der Waals surface area (Å²) in [5, 5.41) is 0.300. The minimum absolute atomic E-state index is 0.0605. The molecule has 1 aromatic heterocycles. The summed E-state index contributed by atoms with van der Waals surface area (Å²) in [6.45, 7) is -0.368. The second-order valence-electron chi connectivity index (χ2n) is 8.88. The average molecular weight is 547 g/mol. The maximum absolute atomic E-state index is 13.7. The van der Waals surface area contributed by atoms with E-state index in [0.717, 1.165) is 0 Å². The summed E-state index contributed by atoms with van der Waals surface area (Å²) >= 11 is 0. The van der Waals surface area contributed by atoms with Gasteiger partial charge in [-0.25, -0.2) is 4.79 Å².